The number of hydrogen-bond donors (Lipinski definition) is 2. The van der Waals surface area contributed by atoms with Crippen LogP contribution in [0.15, 0.2) is 23.3 Å². The van der Waals surface area contributed by atoms with Crippen LogP contribution in [0.2, 0.25) is 5.02 Å². The number of allylic oxidation sites excluding steroid dienone is 3. The minimum absolute atomic E-state index is 0.0793. The molecule has 1 aromatic rings. The number of phenolic OH excluding ortho intramolecular Hbond substituents is 2. The van der Waals surface area contributed by atoms with Crippen molar-refractivity contribution in [2.45, 2.75) is 53.9 Å². The molecule has 0 saturated carbocycles. The molecule has 28 heavy (non-hydrogen) atoms. The fourth-order valence-electron chi connectivity index (χ4n) is 2.53. The third-order valence-corrected chi connectivity index (χ3v) is 5.05. The smallest absolute Gasteiger partial charge is 0.308 e. The van der Waals surface area contributed by atoms with Crippen LogP contribution in [0.5, 0.6) is 11.5 Å². The van der Waals surface area contributed by atoms with Gasteiger partial charge in [0.1, 0.15) is 18.1 Å². The van der Waals surface area contributed by atoms with Crippen molar-refractivity contribution in [3.8, 4) is 11.5 Å². The van der Waals surface area contributed by atoms with Crippen molar-refractivity contribution in [2.75, 3.05) is 6.61 Å². The molecular formula is C22H29ClO5. The predicted molar refractivity (Wildman–Crippen MR) is 111 cm³/mol. The molecule has 2 N–H and O–H groups in total. The molecule has 0 aromatic heterocycles. The van der Waals surface area contributed by atoms with Gasteiger partial charge in [0.15, 0.2) is 6.29 Å². The zero-order valence-corrected chi connectivity index (χ0v) is 17.9. The molecule has 0 atom stereocenters. The van der Waals surface area contributed by atoms with Crippen LogP contribution in [-0.4, -0.2) is 29.1 Å². The third kappa shape index (κ3) is 6.41. The van der Waals surface area contributed by atoms with Gasteiger partial charge in [-0.3, -0.25) is 9.59 Å². The normalized spacial score (nSPS) is 12.4. The summed E-state index contributed by atoms with van der Waals surface area (Å²) < 4.78 is 5.13. The van der Waals surface area contributed by atoms with Gasteiger partial charge in [0.25, 0.3) is 0 Å². The summed E-state index contributed by atoms with van der Waals surface area (Å²) in [5, 5.41) is 20.5. The Labute approximate surface area is 171 Å². The summed E-state index contributed by atoms with van der Waals surface area (Å²) in [7, 11) is 0. The average Bonchev–Trinajstić information content (AvgIpc) is 2.64. The highest BCUT2D eigenvalue weighted by Gasteiger charge is 2.19. The number of rotatable bonds is 9. The quantitative estimate of drug-likeness (QED) is 0.329. The second kappa shape index (κ2) is 10.9. The fourth-order valence-corrected chi connectivity index (χ4v) is 2.74. The van der Waals surface area contributed by atoms with Crippen LogP contribution in [0.3, 0.4) is 0 Å². The molecule has 1 aromatic carbocycles. The predicted octanol–water partition coefficient (Wildman–Crippen LogP) is 5.29. The van der Waals surface area contributed by atoms with Crippen LogP contribution in [0, 0.1) is 12.8 Å². The van der Waals surface area contributed by atoms with E-state index in [-0.39, 0.29) is 52.6 Å². The van der Waals surface area contributed by atoms with E-state index in [1.54, 1.807) is 20.8 Å². The first-order valence-corrected chi connectivity index (χ1v) is 9.63. The maximum atomic E-state index is 11.4. The number of halogens is 1. The van der Waals surface area contributed by atoms with Gasteiger partial charge in [0.05, 0.1) is 16.5 Å². The molecule has 0 aliphatic heterocycles. The highest BCUT2D eigenvalue weighted by molar-refractivity contribution is 6.33. The molecular weight excluding hydrogens is 380 g/mol. The van der Waals surface area contributed by atoms with Gasteiger partial charge in [-0.05, 0) is 51.7 Å². The fraction of sp³-hybridized carbons (Fsp3) is 0.455. The maximum Gasteiger partial charge on any atom is 0.308 e. The van der Waals surface area contributed by atoms with Crippen LogP contribution in [0.4, 0.5) is 0 Å². The first-order valence-electron chi connectivity index (χ1n) is 9.26. The number of ether oxygens (including phenoxy) is 1. The lowest BCUT2D eigenvalue weighted by atomic mass is 9.98. The van der Waals surface area contributed by atoms with Crippen molar-refractivity contribution in [1.29, 1.82) is 0 Å². The van der Waals surface area contributed by atoms with E-state index < -0.39 is 0 Å². The number of carbonyl (C=O) groups excluding carboxylic acids is 2. The Hall–Kier alpha value is -2.27. The molecule has 0 unspecified atom stereocenters. The van der Waals surface area contributed by atoms with Gasteiger partial charge in [-0.15, -0.1) is 0 Å². The summed E-state index contributed by atoms with van der Waals surface area (Å²) in [5.74, 6) is -0.788. The number of phenols is 2. The first-order chi connectivity index (χ1) is 13.1. The molecule has 0 spiro atoms. The Kier molecular flexibility index (Phi) is 9.26. The lowest BCUT2D eigenvalue weighted by Gasteiger charge is -2.13. The first kappa shape index (κ1) is 23.8. The lowest BCUT2D eigenvalue weighted by molar-refractivity contribution is -0.146. The van der Waals surface area contributed by atoms with E-state index in [9.17, 15) is 19.8 Å². The van der Waals surface area contributed by atoms with Gasteiger partial charge in [-0.25, -0.2) is 0 Å². The number of carbonyl (C=O) groups is 2. The van der Waals surface area contributed by atoms with Crippen LogP contribution in [0.25, 0.3) is 0 Å². The Morgan fingerprint density at radius 3 is 2.21 bits per heavy atom. The van der Waals surface area contributed by atoms with Crippen molar-refractivity contribution in [2.24, 2.45) is 5.92 Å². The minimum Gasteiger partial charge on any atom is -0.507 e. The zero-order chi connectivity index (χ0) is 21.4. The van der Waals surface area contributed by atoms with Crippen molar-refractivity contribution in [3.63, 3.8) is 0 Å². The van der Waals surface area contributed by atoms with Gasteiger partial charge in [-0.2, -0.15) is 0 Å². The van der Waals surface area contributed by atoms with Gasteiger partial charge in [0.2, 0.25) is 0 Å². The Bertz CT molecular complexity index is 791. The second-order valence-corrected chi connectivity index (χ2v) is 7.61. The molecule has 0 radical (unpaired) electrons. The Morgan fingerprint density at radius 1 is 1.11 bits per heavy atom. The molecule has 154 valence electrons. The van der Waals surface area contributed by atoms with E-state index in [1.807, 2.05) is 26.0 Å². The monoisotopic (exact) mass is 408 g/mol. The van der Waals surface area contributed by atoms with E-state index in [4.69, 9.17) is 16.3 Å². The van der Waals surface area contributed by atoms with Crippen LogP contribution in [-0.2, 0) is 16.0 Å². The molecule has 1 rings (SSSR count). The van der Waals surface area contributed by atoms with Crippen LogP contribution >= 0.6 is 11.6 Å². The van der Waals surface area contributed by atoms with E-state index in [0.717, 1.165) is 24.0 Å². The summed E-state index contributed by atoms with van der Waals surface area (Å²) >= 11 is 6.06. The minimum atomic E-state index is -0.235. The topological polar surface area (TPSA) is 83.8 Å². The van der Waals surface area contributed by atoms with E-state index in [2.05, 4.69) is 0 Å². The van der Waals surface area contributed by atoms with Crippen LogP contribution < -0.4 is 0 Å². The van der Waals surface area contributed by atoms with E-state index in [1.165, 1.54) is 0 Å². The highest BCUT2D eigenvalue weighted by atomic mass is 35.5. The third-order valence-electron chi connectivity index (χ3n) is 4.58. The van der Waals surface area contributed by atoms with Crippen molar-refractivity contribution >= 4 is 23.9 Å². The standard InChI is InChI=1S/C22H29ClO5/c1-13(2)22(27)28-11-10-15(4)7-6-14(3)8-9-17-20(25)18(12-24)16(5)19(23)21(17)26/h8,10,12-13,25-26H,6-7,9,11H2,1-5H3. The molecule has 0 amide bonds. The zero-order valence-electron chi connectivity index (χ0n) is 17.1. The summed E-state index contributed by atoms with van der Waals surface area (Å²) in [6.07, 6.45) is 6.16. The molecule has 0 fully saturated rings. The Morgan fingerprint density at radius 2 is 1.68 bits per heavy atom. The van der Waals surface area contributed by atoms with Crippen molar-refractivity contribution in [1.82, 2.24) is 0 Å². The number of benzene rings is 1. The van der Waals surface area contributed by atoms with Crippen molar-refractivity contribution < 1.29 is 24.5 Å². The lowest BCUT2D eigenvalue weighted by Crippen LogP contribution is -2.11. The van der Waals surface area contributed by atoms with Crippen LogP contribution in [0.1, 0.15) is 62.0 Å². The highest BCUT2D eigenvalue weighted by Crippen LogP contribution is 2.40. The summed E-state index contributed by atoms with van der Waals surface area (Å²) in [6, 6.07) is 0. The van der Waals surface area contributed by atoms with Gasteiger partial charge < -0.3 is 14.9 Å². The number of aromatic hydroxyl groups is 2. The van der Waals surface area contributed by atoms with Gasteiger partial charge >= 0.3 is 5.97 Å². The molecule has 0 saturated heterocycles. The molecule has 5 nitrogen and oxygen atoms in total. The van der Waals surface area contributed by atoms with E-state index in [0.29, 0.717) is 11.8 Å². The molecule has 0 heterocycles. The van der Waals surface area contributed by atoms with Gasteiger partial charge in [-0.1, -0.05) is 42.7 Å². The summed E-state index contributed by atoms with van der Waals surface area (Å²) in [6.45, 7) is 9.36. The molecule has 0 bridgehead atoms. The molecule has 0 aliphatic carbocycles. The number of hydrogen-bond acceptors (Lipinski definition) is 5. The molecule has 0 aliphatic rings. The SMILES string of the molecule is CC(=CCOC(=O)C(C)C)CCC(C)=CCc1c(O)c(Cl)c(C)c(C=O)c1O. The summed E-state index contributed by atoms with van der Waals surface area (Å²) in [5.41, 5.74) is 2.87. The summed E-state index contributed by atoms with van der Waals surface area (Å²) in [4.78, 5) is 22.6. The Balaban J connectivity index is 2.73. The maximum absolute atomic E-state index is 11.4. The number of aldehydes is 1. The number of esters is 1. The van der Waals surface area contributed by atoms with Crippen molar-refractivity contribution in [3.05, 3.63) is 45.0 Å². The second-order valence-electron chi connectivity index (χ2n) is 7.24. The average molecular weight is 409 g/mol. The van der Waals surface area contributed by atoms with E-state index >= 15 is 0 Å². The molecule has 6 heteroatoms. The largest absolute Gasteiger partial charge is 0.507 e. The van der Waals surface area contributed by atoms with Gasteiger partial charge in [0, 0.05) is 5.56 Å².